The summed E-state index contributed by atoms with van der Waals surface area (Å²) in [5, 5.41) is 9.69. The van der Waals surface area contributed by atoms with Gasteiger partial charge in [0.1, 0.15) is 6.61 Å². The number of esters is 2. The number of aliphatic hydroxyl groups is 1. The van der Waals surface area contributed by atoms with E-state index in [1.165, 1.54) is 238 Å². The molecule has 0 rings (SSSR count). The van der Waals surface area contributed by atoms with E-state index in [1.807, 2.05) is 0 Å². The van der Waals surface area contributed by atoms with Crippen LogP contribution in [0.15, 0.2) is 85.1 Å². The summed E-state index contributed by atoms with van der Waals surface area (Å²) in [4.78, 5) is 24.6. The van der Waals surface area contributed by atoms with Crippen LogP contribution in [0.2, 0.25) is 0 Å². The largest absolute Gasteiger partial charge is 0.462 e. The van der Waals surface area contributed by atoms with Crippen LogP contribution in [-0.2, 0) is 19.1 Å². The van der Waals surface area contributed by atoms with Crippen LogP contribution >= 0.6 is 0 Å². The molecule has 0 saturated carbocycles. The van der Waals surface area contributed by atoms with Gasteiger partial charge in [-0.2, -0.15) is 0 Å². The number of allylic oxidation sites excluding steroid dienone is 14. The number of hydrogen-bond donors (Lipinski definition) is 1. The molecule has 0 saturated heterocycles. The van der Waals surface area contributed by atoms with Crippen molar-refractivity contribution in [3.05, 3.63) is 85.1 Å². The van der Waals surface area contributed by atoms with Gasteiger partial charge in [0.2, 0.25) is 0 Å². The molecule has 5 nitrogen and oxygen atoms in total. The third-order valence-electron chi connectivity index (χ3n) is 15.0. The van der Waals surface area contributed by atoms with Gasteiger partial charge in [-0.25, -0.2) is 0 Å². The summed E-state index contributed by atoms with van der Waals surface area (Å²) in [6, 6.07) is 0. The fourth-order valence-electron chi connectivity index (χ4n) is 9.95. The summed E-state index contributed by atoms with van der Waals surface area (Å²) < 4.78 is 10.7. The van der Waals surface area contributed by atoms with Crippen LogP contribution in [-0.4, -0.2) is 36.4 Å². The predicted octanol–water partition coefficient (Wildman–Crippen LogP) is 23.3. The third-order valence-corrected chi connectivity index (χ3v) is 15.0. The lowest BCUT2D eigenvalue weighted by molar-refractivity contribution is -0.161. The van der Waals surface area contributed by atoms with Gasteiger partial charge in [0.25, 0.3) is 0 Å². The second-order valence-corrected chi connectivity index (χ2v) is 22.5. The van der Waals surface area contributed by atoms with Crippen LogP contribution in [0.25, 0.3) is 0 Å². The molecule has 446 valence electrons. The second kappa shape index (κ2) is 67.4. The van der Waals surface area contributed by atoms with Gasteiger partial charge in [-0.15, -0.1) is 0 Å². The van der Waals surface area contributed by atoms with E-state index in [4.69, 9.17) is 9.47 Å². The third kappa shape index (κ3) is 65.5. The van der Waals surface area contributed by atoms with Crippen LogP contribution < -0.4 is 0 Å². The Morgan fingerprint density at radius 1 is 0.312 bits per heavy atom. The lowest BCUT2D eigenvalue weighted by Gasteiger charge is -2.15. The molecule has 0 aromatic rings. The second-order valence-electron chi connectivity index (χ2n) is 22.5. The van der Waals surface area contributed by atoms with E-state index in [0.717, 1.165) is 77.0 Å². The van der Waals surface area contributed by atoms with E-state index in [9.17, 15) is 14.7 Å². The molecule has 0 heterocycles. The van der Waals surface area contributed by atoms with E-state index in [2.05, 4.69) is 98.9 Å². The Bertz CT molecular complexity index is 1400. The number of rotatable bonds is 62. The van der Waals surface area contributed by atoms with Gasteiger partial charge in [-0.1, -0.05) is 343 Å². The summed E-state index contributed by atoms with van der Waals surface area (Å²) in [6.45, 7) is 4.07. The summed E-state index contributed by atoms with van der Waals surface area (Å²) in [6.07, 6.45) is 94.6. The van der Waals surface area contributed by atoms with Gasteiger partial charge >= 0.3 is 11.9 Å². The molecule has 0 bridgehead atoms. The Morgan fingerprint density at radius 2 is 0.558 bits per heavy atom. The number of ether oxygens (including phenoxy) is 2. The van der Waals surface area contributed by atoms with Gasteiger partial charge in [0.05, 0.1) is 6.61 Å². The first-order chi connectivity index (χ1) is 38.1. The zero-order valence-electron chi connectivity index (χ0n) is 51.2. The minimum atomic E-state index is -0.772. The highest BCUT2D eigenvalue weighted by Crippen LogP contribution is 2.18. The predicted molar refractivity (Wildman–Crippen MR) is 339 cm³/mol. The van der Waals surface area contributed by atoms with E-state index in [-0.39, 0.29) is 25.2 Å². The molecule has 0 aliphatic heterocycles. The highest BCUT2D eigenvalue weighted by Gasteiger charge is 2.16. The maximum atomic E-state index is 12.4. The van der Waals surface area contributed by atoms with E-state index in [0.29, 0.717) is 12.8 Å². The Balaban J connectivity index is 3.43. The van der Waals surface area contributed by atoms with E-state index < -0.39 is 6.10 Å². The molecular formula is C72H128O5. The number of carbonyl (C=O) groups excluding carboxylic acids is 2. The zero-order valence-corrected chi connectivity index (χ0v) is 51.2. The molecule has 1 N–H and O–H groups in total. The van der Waals surface area contributed by atoms with Crippen molar-refractivity contribution in [2.75, 3.05) is 13.2 Å². The topological polar surface area (TPSA) is 72.8 Å². The lowest BCUT2D eigenvalue weighted by Crippen LogP contribution is -2.28. The first kappa shape index (κ1) is 74.1. The minimum absolute atomic E-state index is 0.0615. The number of aliphatic hydroxyl groups excluding tert-OH is 1. The monoisotopic (exact) mass is 1070 g/mol. The molecule has 0 aliphatic carbocycles. The Labute approximate surface area is 479 Å². The molecule has 1 unspecified atom stereocenters. The Hall–Kier alpha value is -2.92. The number of unbranched alkanes of at least 4 members (excludes halogenated alkanes) is 40. The van der Waals surface area contributed by atoms with Gasteiger partial charge in [0, 0.05) is 12.8 Å². The van der Waals surface area contributed by atoms with E-state index in [1.54, 1.807) is 0 Å². The molecule has 0 fully saturated rings. The fraction of sp³-hybridized carbons (Fsp3) is 0.778. The smallest absolute Gasteiger partial charge is 0.306 e. The van der Waals surface area contributed by atoms with Crippen molar-refractivity contribution in [3.63, 3.8) is 0 Å². The first-order valence-electron chi connectivity index (χ1n) is 33.6. The maximum Gasteiger partial charge on any atom is 0.306 e. The van der Waals surface area contributed by atoms with Crippen molar-refractivity contribution >= 4 is 11.9 Å². The molecule has 0 amide bonds. The average Bonchev–Trinajstić information content (AvgIpc) is 3.43. The van der Waals surface area contributed by atoms with Crippen molar-refractivity contribution in [2.45, 2.75) is 347 Å². The molecule has 77 heavy (non-hydrogen) atoms. The molecule has 0 aromatic carbocycles. The van der Waals surface area contributed by atoms with Crippen LogP contribution in [0.3, 0.4) is 0 Å². The summed E-state index contributed by atoms with van der Waals surface area (Å²) in [5.74, 6) is -0.572. The van der Waals surface area contributed by atoms with Crippen LogP contribution in [0.5, 0.6) is 0 Å². The number of carbonyl (C=O) groups is 2. The van der Waals surface area contributed by atoms with Crippen LogP contribution in [0.4, 0.5) is 0 Å². The van der Waals surface area contributed by atoms with Crippen LogP contribution in [0, 0.1) is 0 Å². The molecule has 1 atom stereocenters. The molecule has 0 radical (unpaired) electrons. The average molecular weight is 1070 g/mol. The van der Waals surface area contributed by atoms with Crippen molar-refractivity contribution in [1.82, 2.24) is 0 Å². The maximum absolute atomic E-state index is 12.4. The Morgan fingerprint density at radius 3 is 0.844 bits per heavy atom. The van der Waals surface area contributed by atoms with Gasteiger partial charge in [-0.3, -0.25) is 9.59 Å². The highest BCUT2D eigenvalue weighted by molar-refractivity contribution is 5.70. The normalized spacial score (nSPS) is 12.7. The quantitative estimate of drug-likeness (QED) is 0.0373. The summed E-state index contributed by atoms with van der Waals surface area (Å²) >= 11 is 0. The first-order valence-corrected chi connectivity index (χ1v) is 33.6. The van der Waals surface area contributed by atoms with Crippen molar-refractivity contribution in [2.24, 2.45) is 0 Å². The molecule has 0 spiro atoms. The molecule has 5 heteroatoms. The molecule has 0 aromatic heterocycles. The van der Waals surface area contributed by atoms with Crippen molar-refractivity contribution in [1.29, 1.82) is 0 Å². The van der Waals surface area contributed by atoms with Gasteiger partial charge in [-0.05, 0) is 70.6 Å². The van der Waals surface area contributed by atoms with Crippen molar-refractivity contribution in [3.8, 4) is 0 Å². The summed E-state index contributed by atoms with van der Waals surface area (Å²) in [7, 11) is 0. The lowest BCUT2D eigenvalue weighted by atomic mass is 10.0. The highest BCUT2D eigenvalue weighted by atomic mass is 16.6. The fourth-order valence-corrected chi connectivity index (χ4v) is 9.95. The number of hydrogen-bond acceptors (Lipinski definition) is 5. The molecule has 0 aliphatic rings. The van der Waals surface area contributed by atoms with Gasteiger partial charge < -0.3 is 14.6 Å². The minimum Gasteiger partial charge on any atom is -0.462 e. The SMILES string of the molecule is CC/C=C\C/C=C\C/C=C\C/C=C\C/C=C\C/C=C\C/C=C\CCCCCCCCCCCCCCCCCCCCCC(=O)OC(CO)COC(=O)CCCCCCCCCCCCCCCCCCCCCCCC. The summed E-state index contributed by atoms with van der Waals surface area (Å²) in [5.41, 5.74) is 0. The van der Waals surface area contributed by atoms with Crippen molar-refractivity contribution < 1.29 is 24.2 Å². The van der Waals surface area contributed by atoms with Gasteiger partial charge in [0.15, 0.2) is 6.10 Å². The van der Waals surface area contributed by atoms with Crippen LogP contribution in [0.1, 0.15) is 341 Å². The zero-order chi connectivity index (χ0) is 55.5. The Kier molecular flexibility index (Phi) is 64.8. The molecular weight excluding hydrogens is 945 g/mol. The van der Waals surface area contributed by atoms with E-state index >= 15 is 0 Å². The standard InChI is InChI=1S/C72H128O5/c1-3-5-7-9-11-13-15-17-19-21-23-25-27-28-29-30-31-32-33-34-35-36-37-38-39-40-41-42-43-44-45-47-49-51-53-55-57-59-61-63-65-67-72(75)77-70(68-73)69-76-71(74)66-64-62-60-58-56-54-52-50-48-46-26-24-22-20-18-16-14-12-10-8-6-4-2/h5,7,11,13,17,19,23,25,28-29,31-32,34-35,70,73H,3-4,6,8-10,12,14-16,18,20-22,24,26-27,30,33,36-69H2,1-2H3/b7-5-,13-11-,19-17-,25-23-,29-28-,32-31-,35-34-.